The van der Waals surface area contributed by atoms with Gasteiger partial charge in [-0.05, 0) is 52.6 Å². The number of carbonyl (C=O) groups excluding carboxylic acids is 1. The summed E-state index contributed by atoms with van der Waals surface area (Å²) in [5.41, 5.74) is 1.18. The molecule has 5 nitrogen and oxygen atoms in total. The zero-order valence-corrected chi connectivity index (χ0v) is 13.1. The van der Waals surface area contributed by atoms with Gasteiger partial charge in [0.2, 0.25) is 0 Å². The lowest BCUT2D eigenvalue weighted by Gasteiger charge is -2.19. The van der Waals surface area contributed by atoms with Gasteiger partial charge in [-0.1, -0.05) is 0 Å². The first-order valence-electron chi connectivity index (χ1n) is 6.80. The maximum atomic E-state index is 11.9. The molecule has 1 rings (SSSR count). The number of ether oxygens (including phenoxy) is 1. The summed E-state index contributed by atoms with van der Waals surface area (Å²) in [6, 6.07) is 3.64. The highest BCUT2D eigenvalue weighted by Gasteiger charge is 2.12. The van der Waals surface area contributed by atoms with Crippen LogP contribution in [0.5, 0.6) is 0 Å². The Morgan fingerprint density at radius 1 is 1.40 bits per heavy atom. The second-order valence-electron chi connectivity index (χ2n) is 6.01. The van der Waals surface area contributed by atoms with Crippen molar-refractivity contribution >= 4 is 5.91 Å². The normalized spacial score (nSPS) is 11.7. The Bertz CT molecular complexity index is 439. The summed E-state index contributed by atoms with van der Waals surface area (Å²) in [6.45, 7) is 7.90. The molecule has 0 saturated carbocycles. The minimum absolute atomic E-state index is 0.149. The van der Waals surface area contributed by atoms with E-state index in [1.807, 2.05) is 45.8 Å². The number of hydrogen-bond acceptors (Lipinski definition) is 4. The smallest absolute Gasteiger partial charge is 0.269 e. The molecule has 0 aliphatic carbocycles. The predicted octanol–water partition coefficient (Wildman–Crippen LogP) is 1.69. The van der Waals surface area contributed by atoms with E-state index in [0.717, 1.165) is 12.1 Å². The Morgan fingerprint density at radius 2 is 2.10 bits per heavy atom. The van der Waals surface area contributed by atoms with Crippen molar-refractivity contribution in [1.29, 1.82) is 0 Å². The van der Waals surface area contributed by atoms with Crippen LogP contribution in [0.2, 0.25) is 0 Å². The molecule has 0 spiro atoms. The largest absolute Gasteiger partial charge is 0.371 e. The number of hydrogen-bond donors (Lipinski definition) is 1. The van der Waals surface area contributed by atoms with Gasteiger partial charge in [0.15, 0.2) is 0 Å². The Labute approximate surface area is 121 Å². The van der Waals surface area contributed by atoms with Gasteiger partial charge in [0.1, 0.15) is 5.69 Å². The minimum Gasteiger partial charge on any atom is -0.371 e. The van der Waals surface area contributed by atoms with Crippen molar-refractivity contribution in [3.63, 3.8) is 0 Å². The minimum atomic E-state index is -0.197. The van der Waals surface area contributed by atoms with Crippen molar-refractivity contribution in [2.75, 3.05) is 27.2 Å². The lowest BCUT2D eigenvalue weighted by molar-refractivity contribution is -0.0150. The molecule has 1 N–H and O–H groups in total. The summed E-state index contributed by atoms with van der Waals surface area (Å²) < 4.78 is 5.70. The summed E-state index contributed by atoms with van der Waals surface area (Å²) in [5.74, 6) is -0.149. The van der Waals surface area contributed by atoms with Gasteiger partial charge in [-0.3, -0.25) is 9.78 Å². The molecular weight excluding hydrogens is 254 g/mol. The summed E-state index contributed by atoms with van der Waals surface area (Å²) in [4.78, 5) is 18.1. The third-order valence-electron chi connectivity index (χ3n) is 2.57. The molecule has 0 fully saturated rings. The molecule has 1 aromatic rings. The van der Waals surface area contributed by atoms with Gasteiger partial charge >= 0.3 is 0 Å². The molecule has 5 heteroatoms. The van der Waals surface area contributed by atoms with Crippen LogP contribution in [0.3, 0.4) is 0 Å². The maximum Gasteiger partial charge on any atom is 0.269 e. The molecule has 1 aromatic heterocycles. The number of nitrogens with one attached hydrogen (secondary N) is 1. The molecule has 1 amide bonds. The fraction of sp³-hybridized carbons (Fsp3) is 0.600. The number of pyridine rings is 1. The van der Waals surface area contributed by atoms with Crippen molar-refractivity contribution < 1.29 is 9.53 Å². The van der Waals surface area contributed by atoms with Crippen molar-refractivity contribution in [1.82, 2.24) is 15.2 Å². The molecule has 0 saturated heterocycles. The van der Waals surface area contributed by atoms with Crippen LogP contribution in [-0.4, -0.2) is 48.6 Å². The fourth-order valence-electron chi connectivity index (χ4n) is 1.47. The first-order chi connectivity index (χ1) is 9.28. The highest BCUT2D eigenvalue weighted by Crippen LogP contribution is 2.12. The zero-order valence-electron chi connectivity index (χ0n) is 13.1. The monoisotopic (exact) mass is 279 g/mol. The van der Waals surface area contributed by atoms with E-state index in [1.165, 1.54) is 0 Å². The third-order valence-corrected chi connectivity index (χ3v) is 2.57. The highest BCUT2D eigenvalue weighted by atomic mass is 16.5. The number of likely N-dealkylation sites (N-methyl/N-ethyl adjacent to an activating group) is 1. The quantitative estimate of drug-likeness (QED) is 0.861. The first kappa shape index (κ1) is 16.6. The third kappa shape index (κ3) is 6.63. The van der Waals surface area contributed by atoms with E-state index in [2.05, 4.69) is 10.3 Å². The second kappa shape index (κ2) is 7.36. The SMILES string of the molecule is CN(C)CCNC(=O)c1cc(COC(C)(C)C)ccn1. The fourth-order valence-corrected chi connectivity index (χ4v) is 1.47. The van der Waals surface area contributed by atoms with E-state index < -0.39 is 0 Å². The molecule has 0 bridgehead atoms. The Morgan fingerprint density at radius 3 is 2.70 bits per heavy atom. The molecule has 0 aliphatic rings. The van der Waals surface area contributed by atoms with Gasteiger partial charge in [0.05, 0.1) is 12.2 Å². The summed E-state index contributed by atoms with van der Waals surface area (Å²) in [7, 11) is 3.93. The maximum absolute atomic E-state index is 11.9. The molecule has 20 heavy (non-hydrogen) atoms. The van der Waals surface area contributed by atoms with Crippen molar-refractivity contribution in [3.8, 4) is 0 Å². The molecule has 0 aromatic carbocycles. The lowest BCUT2D eigenvalue weighted by atomic mass is 10.2. The average molecular weight is 279 g/mol. The van der Waals surface area contributed by atoms with E-state index >= 15 is 0 Å². The number of carbonyl (C=O) groups is 1. The Hall–Kier alpha value is -1.46. The molecule has 0 aliphatic heterocycles. The van der Waals surface area contributed by atoms with Gasteiger partial charge in [-0.25, -0.2) is 0 Å². The molecule has 0 radical (unpaired) electrons. The number of rotatable bonds is 6. The van der Waals surface area contributed by atoms with Crippen molar-refractivity contribution in [3.05, 3.63) is 29.6 Å². The molecule has 1 heterocycles. The first-order valence-corrected chi connectivity index (χ1v) is 6.80. The van der Waals surface area contributed by atoms with Gasteiger partial charge in [0, 0.05) is 19.3 Å². The lowest BCUT2D eigenvalue weighted by Crippen LogP contribution is -2.31. The van der Waals surface area contributed by atoms with Gasteiger partial charge in [-0.2, -0.15) is 0 Å². The molecule has 112 valence electrons. The van der Waals surface area contributed by atoms with Crippen LogP contribution in [0.25, 0.3) is 0 Å². The number of aromatic nitrogens is 1. The van der Waals surface area contributed by atoms with Crippen LogP contribution >= 0.6 is 0 Å². The van der Waals surface area contributed by atoms with E-state index in [4.69, 9.17) is 4.74 Å². The van der Waals surface area contributed by atoms with Gasteiger partial charge in [0.25, 0.3) is 5.91 Å². The van der Waals surface area contributed by atoms with Crippen molar-refractivity contribution in [2.24, 2.45) is 0 Å². The van der Waals surface area contributed by atoms with Gasteiger partial charge < -0.3 is 15.0 Å². The van der Waals surface area contributed by atoms with E-state index in [-0.39, 0.29) is 11.5 Å². The summed E-state index contributed by atoms with van der Waals surface area (Å²) in [5, 5.41) is 2.85. The molecule has 0 atom stereocenters. The summed E-state index contributed by atoms with van der Waals surface area (Å²) in [6.07, 6.45) is 1.64. The van der Waals surface area contributed by atoms with Crippen LogP contribution in [0, 0.1) is 0 Å². The Balaban J connectivity index is 2.56. The highest BCUT2D eigenvalue weighted by molar-refractivity contribution is 5.92. The van der Waals surface area contributed by atoms with Gasteiger partial charge in [-0.15, -0.1) is 0 Å². The standard InChI is InChI=1S/C15H25N3O2/c1-15(2,3)20-11-12-6-7-16-13(10-12)14(19)17-8-9-18(4)5/h6-7,10H,8-9,11H2,1-5H3,(H,17,19). The van der Waals surface area contributed by atoms with E-state index in [0.29, 0.717) is 18.8 Å². The van der Waals surface area contributed by atoms with E-state index in [9.17, 15) is 4.79 Å². The van der Waals surface area contributed by atoms with Crippen molar-refractivity contribution in [2.45, 2.75) is 33.0 Å². The average Bonchev–Trinajstić information content (AvgIpc) is 2.35. The van der Waals surface area contributed by atoms with Crippen LogP contribution in [0.4, 0.5) is 0 Å². The molecule has 0 unspecified atom stereocenters. The second-order valence-corrected chi connectivity index (χ2v) is 6.01. The predicted molar refractivity (Wildman–Crippen MR) is 79.7 cm³/mol. The summed E-state index contributed by atoms with van der Waals surface area (Å²) >= 11 is 0. The number of nitrogens with zero attached hydrogens (tertiary/aromatic N) is 2. The van der Waals surface area contributed by atoms with Crippen LogP contribution in [-0.2, 0) is 11.3 Å². The Kier molecular flexibility index (Phi) is 6.10. The van der Waals surface area contributed by atoms with Crippen LogP contribution < -0.4 is 5.32 Å². The molecular formula is C15H25N3O2. The zero-order chi connectivity index (χ0) is 15.2. The van der Waals surface area contributed by atoms with E-state index in [1.54, 1.807) is 12.3 Å². The topological polar surface area (TPSA) is 54.5 Å². The van der Waals surface area contributed by atoms with Crippen LogP contribution in [0.1, 0.15) is 36.8 Å². The number of amides is 1. The van der Waals surface area contributed by atoms with Crippen LogP contribution in [0.15, 0.2) is 18.3 Å².